The quantitative estimate of drug-likeness (QED) is 0.778. The van der Waals surface area contributed by atoms with E-state index in [0.29, 0.717) is 19.4 Å². The number of ether oxygens (including phenoxy) is 1. The molecular weight excluding hydrogens is 206 g/mol. The average molecular weight is 229 g/mol. The maximum Gasteiger partial charge on any atom is 0.310 e. The van der Waals surface area contributed by atoms with Crippen LogP contribution >= 0.6 is 0 Å². The number of hydrogen-bond donors (Lipinski definition) is 1. The van der Waals surface area contributed by atoms with Gasteiger partial charge in [0, 0.05) is 26.2 Å². The summed E-state index contributed by atoms with van der Waals surface area (Å²) in [5, 5.41) is 9.37. The molecule has 94 valence electrons. The SMILES string of the molecule is CCC(CC)(CN1CCCOCC1)C(=O)O. The van der Waals surface area contributed by atoms with Gasteiger partial charge < -0.3 is 9.84 Å². The molecule has 1 fully saturated rings. The largest absolute Gasteiger partial charge is 0.481 e. The van der Waals surface area contributed by atoms with Crippen LogP contribution in [0.15, 0.2) is 0 Å². The van der Waals surface area contributed by atoms with E-state index < -0.39 is 11.4 Å². The van der Waals surface area contributed by atoms with E-state index in [1.807, 2.05) is 13.8 Å². The van der Waals surface area contributed by atoms with E-state index in [-0.39, 0.29) is 0 Å². The molecule has 0 aromatic heterocycles. The molecule has 4 nitrogen and oxygen atoms in total. The van der Waals surface area contributed by atoms with E-state index in [4.69, 9.17) is 4.74 Å². The molecule has 1 heterocycles. The van der Waals surface area contributed by atoms with Crippen LogP contribution in [0, 0.1) is 5.41 Å². The molecule has 0 saturated carbocycles. The molecule has 0 amide bonds. The highest BCUT2D eigenvalue weighted by atomic mass is 16.5. The Kier molecular flexibility index (Phi) is 5.22. The number of rotatable bonds is 5. The summed E-state index contributed by atoms with van der Waals surface area (Å²) in [6.07, 6.45) is 2.38. The third kappa shape index (κ3) is 3.19. The van der Waals surface area contributed by atoms with Gasteiger partial charge in [0.1, 0.15) is 0 Å². The number of hydrogen-bond acceptors (Lipinski definition) is 3. The Morgan fingerprint density at radius 1 is 1.31 bits per heavy atom. The van der Waals surface area contributed by atoms with Crippen LogP contribution in [0.5, 0.6) is 0 Å². The smallest absolute Gasteiger partial charge is 0.310 e. The lowest BCUT2D eigenvalue weighted by Gasteiger charge is -2.32. The fraction of sp³-hybridized carbons (Fsp3) is 0.917. The predicted octanol–water partition coefficient (Wildman–Crippen LogP) is 1.60. The maximum absolute atomic E-state index is 11.4. The Hall–Kier alpha value is -0.610. The molecule has 1 N–H and O–H groups in total. The van der Waals surface area contributed by atoms with Gasteiger partial charge in [0.15, 0.2) is 0 Å². The normalized spacial score (nSPS) is 19.4. The Balaban J connectivity index is 2.62. The fourth-order valence-electron chi connectivity index (χ4n) is 2.23. The molecule has 0 aromatic carbocycles. The van der Waals surface area contributed by atoms with Crippen LogP contribution < -0.4 is 0 Å². The Morgan fingerprint density at radius 2 is 2.00 bits per heavy atom. The maximum atomic E-state index is 11.4. The van der Waals surface area contributed by atoms with Gasteiger partial charge in [-0.1, -0.05) is 13.8 Å². The molecule has 1 saturated heterocycles. The molecule has 1 rings (SSSR count). The third-order valence-corrected chi connectivity index (χ3v) is 3.65. The lowest BCUT2D eigenvalue weighted by atomic mass is 9.82. The van der Waals surface area contributed by atoms with Gasteiger partial charge in [-0.2, -0.15) is 0 Å². The van der Waals surface area contributed by atoms with Crippen LogP contribution in [0.1, 0.15) is 33.1 Å². The molecule has 0 atom stereocenters. The highest BCUT2D eigenvalue weighted by Gasteiger charge is 2.36. The van der Waals surface area contributed by atoms with E-state index in [9.17, 15) is 9.90 Å². The summed E-state index contributed by atoms with van der Waals surface area (Å²) < 4.78 is 5.38. The molecule has 1 aliphatic heterocycles. The van der Waals surface area contributed by atoms with Crippen LogP contribution in [-0.4, -0.2) is 48.8 Å². The topological polar surface area (TPSA) is 49.8 Å². The van der Waals surface area contributed by atoms with Crippen LogP contribution in [0.3, 0.4) is 0 Å². The number of carboxylic acid groups (broad SMARTS) is 1. The van der Waals surface area contributed by atoms with Gasteiger partial charge in [-0.25, -0.2) is 0 Å². The fourth-order valence-corrected chi connectivity index (χ4v) is 2.23. The number of carbonyl (C=O) groups is 1. The van der Waals surface area contributed by atoms with Gasteiger partial charge in [-0.05, 0) is 19.3 Å². The molecular formula is C12H23NO3. The van der Waals surface area contributed by atoms with Crippen molar-refractivity contribution in [2.75, 3.05) is 32.8 Å². The van der Waals surface area contributed by atoms with Crippen molar-refractivity contribution in [1.29, 1.82) is 0 Å². The van der Waals surface area contributed by atoms with Crippen molar-refractivity contribution in [2.45, 2.75) is 33.1 Å². The minimum Gasteiger partial charge on any atom is -0.481 e. The van der Waals surface area contributed by atoms with Crippen molar-refractivity contribution in [3.05, 3.63) is 0 Å². The van der Waals surface area contributed by atoms with E-state index in [1.54, 1.807) is 0 Å². The lowest BCUT2D eigenvalue weighted by Crippen LogP contribution is -2.43. The summed E-state index contributed by atoms with van der Waals surface area (Å²) in [6.45, 7) is 7.92. The molecule has 0 aliphatic carbocycles. The second-order valence-electron chi connectivity index (χ2n) is 4.53. The first kappa shape index (κ1) is 13.5. The molecule has 0 aromatic rings. The first-order valence-electron chi connectivity index (χ1n) is 6.18. The van der Waals surface area contributed by atoms with Gasteiger partial charge in [0.25, 0.3) is 0 Å². The van der Waals surface area contributed by atoms with E-state index in [2.05, 4.69) is 4.90 Å². The first-order chi connectivity index (χ1) is 7.64. The standard InChI is InChI=1S/C12H23NO3/c1-3-12(4-2,11(14)15)10-13-6-5-8-16-9-7-13/h3-10H2,1-2H3,(H,14,15). The van der Waals surface area contributed by atoms with Crippen LogP contribution in [0.2, 0.25) is 0 Å². The predicted molar refractivity (Wildman–Crippen MR) is 62.5 cm³/mol. The highest BCUT2D eigenvalue weighted by molar-refractivity contribution is 5.74. The Labute approximate surface area is 97.6 Å². The molecule has 0 radical (unpaired) electrons. The second-order valence-corrected chi connectivity index (χ2v) is 4.53. The van der Waals surface area contributed by atoms with Gasteiger partial charge in [0.05, 0.1) is 12.0 Å². The third-order valence-electron chi connectivity index (χ3n) is 3.65. The van der Waals surface area contributed by atoms with E-state index in [0.717, 1.165) is 32.7 Å². The van der Waals surface area contributed by atoms with E-state index in [1.165, 1.54) is 0 Å². The zero-order valence-corrected chi connectivity index (χ0v) is 10.4. The molecule has 0 unspecified atom stereocenters. The van der Waals surface area contributed by atoms with Crippen LogP contribution in [0.4, 0.5) is 0 Å². The lowest BCUT2D eigenvalue weighted by molar-refractivity contribution is -0.150. The minimum atomic E-state index is -0.664. The molecule has 16 heavy (non-hydrogen) atoms. The van der Waals surface area contributed by atoms with Crippen LogP contribution in [-0.2, 0) is 9.53 Å². The summed E-state index contributed by atoms with van der Waals surface area (Å²) in [5.74, 6) is -0.664. The van der Waals surface area contributed by atoms with Crippen molar-refractivity contribution in [3.8, 4) is 0 Å². The minimum absolute atomic E-state index is 0.579. The van der Waals surface area contributed by atoms with Crippen molar-refractivity contribution >= 4 is 5.97 Å². The van der Waals surface area contributed by atoms with Crippen molar-refractivity contribution in [2.24, 2.45) is 5.41 Å². The highest BCUT2D eigenvalue weighted by Crippen LogP contribution is 2.28. The summed E-state index contributed by atoms with van der Waals surface area (Å²) in [7, 11) is 0. The number of aliphatic carboxylic acids is 1. The van der Waals surface area contributed by atoms with E-state index >= 15 is 0 Å². The molecule has 1 aliphatic rings. The van der Waals surface area contributed by atoms with Crippen molar-refractivity contribution < 1.29 is 14.6 Å². The van der Waals surface area contributed by atoms with Gasteiger partial charge in [-0.3, -0.25) is 9.69 Å². The Morgan fingerprint density at radius 3 is 2.56 bits per heavy atom. The average Bonchev–Trinajstić information content (AvgIpc) is 2.54. The Bertz CT molecular complexity index is 218. The summed E-state index contributed by atoms with van der Waals surface area (Å²) in [4.78, 5) is 13.6. The first-order valence-corrected chi connectivity index (χ1v) is 6.18. The molecule has 0 bridgehead atoms. The monoisotopic (exact) mass is 229 g/mol. The summed E-state index contributed by atoms with van der Waals surface area (Å²) in [6, 6.07) is 0. The van der Waals surface area contributed by atoms with Gasteiger partial charge in [0.2, 0.25) is 0 Å². The van der Waals surface area contributed by atoms with Crippen molar-refractivity contribution in [3.63, 3.8) is 0 Å². The van der Waals surface area contributed by atoms with Gasteiger partial charge >= 0.3 is 5.97 Å². The number of nitrogens with zero attached hydrogens (tertiary/aromatic N) is 1. The zero-order chi connectivity index (χ0) is 12.0. The zero-order valence-electron chi connectivity index (χ0n) is 10.4. The number of carboxylic acids is 1. The van der Waals surface area contributed by atoms with Crippen LogP contribution in [0.25, 0.3) is 0 Å². The summed E-state index contributed by atoms with van der Waals surface area (Å²) in [5.41, 5.74) is -0.579. The molecule has 0 spiro atoms. The molecule has 4 heteroatoms. The van der Waals surface area contributed by atoms with Gasteiger partial charge in [-0.15, -0.1) is 0 Å². The van der Waals surface area contributed by atoms with Crippen molar-refractivity contribution in [1.82, 2.24) is 4.90 Å². The second kappa shape index (κ2) is 6.21. The summed E-state index contributed by atoms with van der Waals surface area (Å²) >= 11 is 0.